The summed E-state index contributed by atoms with van der Waals surface area (Å²) in [5.74, 6) is -1.61. The molecule has 0 aliphatic rings. The predicted molar refractivity (Wildman–Crippen MR) is 68.6 cm³/mol. The molecule has 0 spiro atoms. The third kappa shape index (κ3) is 2.92. The van der Waals surface area contributed by atoms with E-state index >= 15 is 0 Å². The van der Waals surface area contributed by atoms with Gasteiger partial charge < -0.3 is 5.11 Å². The fourth-order valence-electron chi connectivity index (χ4n) is 1.52. The zero-order chi connectivity index (χ0) is 13.8. The second kappa shape index (κ2) is 5.55. The van der Waals surface area contributed by atoms with Crippen LogP contribution in [0.5, 0.6) is 0 Å². The highest BCUT2D eigenvalue weighted by Gasteiger charge is 2.10. The van der Waals surface area contributed by atoms with Gasteiger partial charge in [-0.25, -0.2) is 9.18 Å². The Morgan fingerprint density at radius 2 is 2.00 bits per heavy atom. The van der Waals surface area contributed by atoms with E-state index in [1.807, 2.05) is 6.07 Å². The zero-order valence-corrected chi connectivity index (χ0v) is 10.4. The van der Waals surface area contributed by atoms with E-state index in [-0.39, 0.29) is 11.1 Å². The number of hydrogen-bond acceptors (Lipinski definition) is 3. The molecule has 0 bridgehead atoms. The fraction of sp³-hybridized carbons (Fsp3) is 0. The van der Waals surface area contributed by atoms with E-state index in [1.54, 1.807) is 18.2 Å². The van der Waals surface area contributed by atoms with Crippen LogP contribution in [0.25, 0.3) is 0 Å². The Hall–Kier alpha value is -2.32. The Balaban J connectivity index is 2.37. The molecular formula is C14H8FNO2S. The number of carboxylic acid groups (broad SMARTS) is 1. The molecule has 0 aromatic heterocycles. The van der Waals surface area contributed by atoms with Crippen molar-refractivity contribution in [2.75, 3.05) is 0 Å². The van der Waals surface area contributed by atoms with Crippen molar-refractivity contribution in [1.29, 1.82) is 5.26 Å². The molecule has 0 amide bonds. The number of halogens is 1. The van der Waals surface area contributed by atoms with Gasteiger partial charge in [-0.1, -0.05) is 23.9 Å². The molecule has 2 aromatic carbocycles. The normalized spacial score (nSPS) is 9.89. The van der Waals surface area contributed by atoms with Crippen molar-refractivity contribution in [2.45, 2.75) is 9.79 Å². The molecule has 94 valence electrons. The minimum absolute atomic E-state index is 0.0340. The monoisotopic (exact) mass is 273 g/mol. The van der Waals surface area contributed by atoms with E-state index in [0.29, 0.717) is 9.79 Å². The van der Waals surface area contributed by atoms with E-state index in [0.717, 1.165) is 11.8 Å². The largest absolute Gasteiger partial charge is 0.478 e. The summed E-state index contributed by atoms with van der Waals surface area (Å²) in [5.41, 5.74) is 0.119. The first-order valence-electron chi connectivity index (χ1n) is 5.31. The summed E-state index contributed by atoms with van der Waals surface area (Å²) < 4.78 is 13.4. The Bertz CT molecular complexity index is 679. The average Bonchev–Trinajstić information content (AvgIpc) is 2.39. The van der Waals surface area contributed by atoms with Crippen molar-refractivity contribution in [3.05, 3.63) is 59.4 Å². The minimum Gasteiger partial charge on any atom is -0.478 e. The topological polar surface area (TPSA) is 61.1 Å². The highest BCUT2D eigenvalue weighted by atomic mass is 32.2. The minimum atomic E-state index is -1.03. The highest BCUT2D eigenvalue weighted by molar-refractivity contribution is 7.99. The summed E-state index contributed by atoms with van der Waals surface area (Å²) in [4.78, 5) is 12.0. The molecule has 0 atom stereocenters. The van der Waals surface area contributed by atoms with Crippen LogP contribution in [-0.4, -0.2) is 11.1 Å². The summed E-state index contributed by atoms with van der Waals surface area (Å²) in [6, 6.07) is 12.4. The van der Waals surface area contributed by atoms with Gasteiger partial charge in [-0.3, -0.25) is 0 Å². The first-order valence-corrected chi connectivity index (χ1v) is 6.13. The molecule has 0 saturated heterocycles. The van der Waals surface area contributed by atoms with Crippen LogP contribution in [0.2, 0.25) is 0 Å². The maximum Gasteiger partial charge on any atom is 0.335 e. The van der Waals surface area contributed by atoms with Crippen molar-refractivity contribution in [3.63, 3.8) is 0 Å². The van der Waals surface area contributed by atoms with Gasteiger partial charge in [0.25, 0.3) is 0 Å². The third-order valence-corrected chi connectivity index (χ3v) is 3.45. The van der Waals surface area contributed by atoms with E-state index in [2.05, 4.69) is 0 Å². The van der Waals surface area contributed by atoms with Gasteiger partial charge in [0, 0.05) is 9.79 Å². The van der Waals surface area contributed by atoms with E-state index in [9.17, 15) is 9.18 Å². The van der Waals surface area contributed by atoms with E-state index in [4.69, 9.17) is 10.4 Å². The smallest absolute Gasteiger partial charge is 0.335 e. The number of carbonyl (C=O) groups is 1. The van der Waals surface area contributed by atoms with Crippen molar-refractivity contribution in [3.8, 4) is 6.07 Å². The lowest BCUT2D eigenvalue weighted by Crippen LogP contribution is -1.95. The molecule has 0 saturated carbocycles. The Morgan fingerprint density at radius 1 is 1.26 bits per heavy atom. The van der Waals surface area contributed by atoms with Gasteiger partial charge in [-0.2, -0.15) is 5.26 Å². The molecule has 2 aromatic rings. The molecule has 0 aliphatic carbocycles. The lowest BCUT2D eigenvalue weighted by atomic mass is 10.2. The van der Waals surface area contributed by atoms with Crippen molar-refractivity contribution in [2.24, 2.45) is 0 Å². The summed E-state index contributed by atoms with van der Waals surface area (Å²) in [6.07, 6.45) is 0. The van der Waals surface area contributed by atoms with Gasteiger partial charge >= 0.3 is 5.97 Å². The Labute approximate surface area is 113 Å². The molecule has 3 nitrogen and oxygen atoms in total. The van der Waals surface area contributed by atoms with E-state index in [1.165, 1.54) is 24.3 Å². The molecule has 0 heterocycles. The second-order valence-electron chi connectivity index (χ2n) is 3.66. The van der Waals surface area contributed by atoms with Crippen LogP contribution >= 0.6 is 11.8 Å². The van der Waals surface area contributed by atoms with Crippen LogP contribution in [0.3, 0.4) is 0 Å². The molecule has 5 heteroatoms. The highest BCUT2D eigenvalue weighted by Crippen LogP contribution is 2.31. The Kier molecular flexibility index (Phi) is 3.83. The predicted octanol–water partition coefficient (Wildman–Crippen LogP) is 3.55. The van der Waals surface area contributed by atoms with Gasteiger partial charge in [-0.05, 0) is 30.3 Å². The zero-order valence-electron chi connectivity index (χ0n) is 9.63. The maximum atomic E-state index is 13.4. The number of nitriles is 1. The summed E-state index contributed by atoms with van der Waals surface area (Å²) in [7, 11) is 0. The number of rotatable bonds is 3. The van der Waals surface area contributed by atoms with Crippen LogP contribution in [-0.2, 0) is 0 Å². The van der Waals surface area contributed by atoms with E-state index < -0.39 is 11.8 Å². The lowest BCUT2D eigenvalue weighted by molar-refractivity contribution is 0.0696. The summed E-state index contributed by atoms with van der Waals surface area (Å²) in [6.45, 7) is 0. The quantitative estimate of drug-likeness (QED) is 0.929. The molecule has 2 rings (SSSR count). The van der Waals surface area contributed by atoms with Gasteiger partial charge in [0.15, 0.2) is 0 Å². The van der Waals surface area contributed by atoms with Crippen molar-refractivity contribution < 1.29 is 14.3 Å². The Morgan fingerprint density at radius 3 is 2.68 bits per heavy atom. The number of benzene rings is 2. The summed E-state index contributed by atoms with van der Waals surface area (Å²) in [5, 5.41) is 17.8. The standard InChI is InChI=1S/C14H8FNO2S/c15-12-5-2-6-13(11(12)8-16)19-10-4-1-3-9(7-10)14(17)18/h1-7H,(H,17,18). The SMILES string of the molecule is N#Cc1c(F)cccc1Sc1cccc(C(=O)O)c1. The van der Waals surface area contributed by atoms with Gasteiger partial charge in [0.05, 0.1) is 5.56 Å². The second-order valence-corrected chi connectivity index (χ2v) is 4.78. The van der Waals surface area contributed by atoms with Crippen LogP contribution in [0.4, 0.5) is 4.39 Å². The number of carboxylic acids is 1. The molecule has 0 radical (unpaired) electrons. The number of aromatic carboxylic acids is 1. The van der Waals surface area contributed by atoms with Crippen molar-refractivity contribution >= 4 is 17.7 Å². The molecule has 0 unspecified atom stereocenters. The molecule has 0 aliphatic heterocycles. The molecule has 1 N–H and O–H groups in total. The fourth-order valence-corrected chi connectivity index (χ4v) is 2.50. The molecular weight excluding hydrogens is 265 g/mol. The van der Waals surface area contributed by atoms with Crippen LogP contribution in [0, 0.1) is 17.1 Å². The maximum absolute atomic E-state index is 13.4. The van der Waals surface area contributed by atoms with Crippen LogP contribution in [0.15, 0.2) is 52.3 Å². The lowest BCUT2D eigenvalue weighted by Gasteiger charge is -2.05. The summed E-state index contributed by atoms with van der Waals surface area (Å²) >= 11 is 1.16. The third-order valence-electron chi connectivity index (χ3n) is 2.40. The number of nitrogens with zero attached hydrogens (tertiary/aromatic N) is 1. The molecule has 0 fully saturated rings. The average molecular weight is 273 g/mol. The molecule has 19 heavy (non-hydrogen) atoms. The van der Waals surface area contributed by atoms with Gasteiger partial charge in [-0.15, -0.1) is 0 Å². The van der Waals surface area contributed by atoms with Crippen molar-refractivity contribution in [1.82, 2.24) is 0 Å². The first kappa shape index (κ1) is 13.1. The first-order chi connectivity index (χ1) is 9.11. The van der Waals surface area contributed by atoms with Crippen LogP contribution in [0.1, 0.15) is 15.9 Å². The van der Waals surface area contributed by atoms with Crippen LogP contribution < -0.4 is 0 Å². The van der Waals surface area contributed by atoms with Gasteiger partial charge in [0.1, 0.15) is 17.4 Å². The number of hydrogen-bond donors (Lipinski definition) is 1. The van der Waals surface area contributed by atoms with Gasteiger partial charge in [0.2, 0.25) is 0 Å².